The van der Waals surface area contributed by atoms with Gasteiger partial charge in [-0.3, -0.25) is 4.79 Å². The number of carbonyl (C=O) groups excluding carboxylic acids is 1. The number of aliphatic hydroxyl groups excluding tert-OH is 1. The Morgan fingerprint density at radius 2 is 2.00 bits per heavy atom. The minimum absolute atomic E-state index is 0.0582. The van der Waals surface area contributed by atoms with Crippen LogP contribution in [-0.2, 0) is 4.79 Å². The van der Waals surface area contributed by atoms with Crippen LogP contribution in [0.25, 0.3) is 6.08 Å². The van der Waals surface area contributed by atoms with Gasteiger partial charge in [0, 0.05) is 13.0 Å². The van der Waals surface area contributed by atoms with Crippen molar-refractivity contribution < 1.29 is 9.90 Å². The number of aliphatic hydroxyl groups is 1. The first-order chi connectivity index (χ1) is 6.83. The van der Waals surface area contributed by atoms with Crippen LogP contribution in [0.2, 0.25) is 0 Å². The number of benzene rings is 1. The van der Waals surface area contributed by atoms with Crippen LogP contribution in [0.4, 0.5) is 0 Å². The van der Waals surface area contributed by atoms with E-state index in [1.807, 2.05) is 30.3 Å². The van der Waals surface area contributed by atoms with Gasteiger partial charge in [-0.15, -0.1) is 0 Å². The molecule has 0 bridgehead atoms. The predicted molar refractivity (Wildman–Crippen MR) is 56.8 cm³/mol. The van der Waals surface area contributed by atoms with Crippen molar-refractivity contribution in [3.63, 3.8) is 0 Å². The number of hydrogen-bond acceptors (Lipinski definition) is 2. The summed E-state index contributed by atoms with van der Waals surface area (Å²) >= 11 is 0. The van der Waals surface area contributed by atoms with E-state index in [0.29, 0.717) is 12.8 Å². The molecule has 2 heteroatoms. The molecule has 0 aliphatic rings. The van der Waals surface area contributed by atoms with Crippen molar-refractivity contribution in [2.75, 3.05) is 6.61 Å². The predicted octanol–water partition coefficient (Wildman–Crippen LogP) is 2.04. The first-order valence-corrected chi connectivity index (χ1v) is 4.70. The molecule has 0 saturated heterocycles. The first-order valence-electron chi connectivity index (χ1n) is 4.70. The van der Waals surface area contributed by atoms with Crippen LogP contribution in [-0.4, -0.2) is 17.5 Å². The van der Waals surface area contributed by atoms with Gasteiger partial charge in [0.2, 0.25) is 0 Å². The van der Waals surface area contributed by atoms with Gasteiger partial charge >= 0.3 is 0 Å². The van der Waals surface area contributed by atoms with Crippen LogP contribution in [0.3, 0.4) is 0 Å². The zero-order chi connectivity index (χ0) is 10.2. The van der Waals surface area contributed by atoms with Gasteiger partial charge in [-0.05, 0) is 18.1 Å². The monoisotopic (exact) mass is 190 g/mol. The Kier molecular flexibility index (Phi) is 4.65. The Morgan fingerprint density at radius 1 is 1.29 bits per heavy atom. The second-order valence-electron chi connectivity index (χ2n) is 3.04. The lowest BCUT2D eigenvalue weighted by atomic mass is 10.1. The fourth-order valence-electron chi connectivity index (χ4n) is 1.09. The van der Waals surface area contributed by atoms with Crippen LogP contribution >= 0.6 is 0 Å². The summed E-state index contributed by atoms with van der Waals surface area (Å²) in [6.07, 6.45) is 4.31. The summed E-state index contributed by atoms with van der Waals surface area (Å²) in [6.45, 7) is 0.0743. The molecule has 1 rings (SSSR count). The van der Waals surface area contributed by atoms with Crippen molar-refractivity contribution in [1.82, 2.24) is 0 Å². The Bertz CT molecular complexity index is 301. The third-order valence-corrected chi connectivity index (χ3v) is 1.84. The summed E-state index contributed by atoms with van der Waals surface area (Å²) in [6, 6.07) is 9.67. The average Bonchev–Trinajstić information content (AvgIpc) is 2.25. The SMILES string of the molecule is O=C(/C=C/c1ccccc1)CCCO. The van der Waals surface area contributed by atoms with E-state index in [-0.39, 0.29) is 12.4 Å². The highest BCUT2D eigenvalue weighted by Crippen LogP contribution is 2.02. The molecule has 0 aromatic heterocycles. The molecule has 1 aromatic rings. The van der Waals surface area contributed by atoms with Crippen LogP contribution in [0.1, 0.15) is 18.4 Å². The van der Waals surface area contributed by atoms with E-state index >= 15 is 0 Å². The highest BCUT2D eigenvalue weighted by atomic mass is 16.3. The van der Waals surface area contributed by atoms with Gasteiger partial charge in [0.25, 0.3) is 0 Å². The Hall–Kier alpha value is -1.41. The number of carbonyl (C=O) groups is 1. The standard InChI is InChI=1S/C12H14O2/c13-10-4-7-12(14)9-8-11-5-2-1-3-6-11/h1-3,5-6,8-9,13H,4,7,10H2/b9-8+. The maximum Gasteiger partial charge on any atom is 0.155 e. The van der Waals surface area contributed by atoms with Gasteiger partial charge in [0.05, 0.1) is 0 Å². The second kappa shape index (κ2) is 6.11. The number of ketones is 1. The van der Waals surface area contributed by atoms with Crippen molar-refractivity contribution in [2.45, 2.75) is 12.8 Å². The largest absolute Gasteiger partial charge is 0.396 e. The van der Waals surface area contributed by atoms with E-state index in [0.717, 1.165) is 5.56 Å². The molecule has 0 amide bonds. The van der Waals surface area contributed by atoms with E-state index < -0.39 is 0 Å². The van der Waals surface area contributed by atoms with Crippen LogP contribution in [0.15, 0.2) is 36.4 Å². The molecule has 1 N–H and O–H groups in total. The topological polar surface area (TPSA) is 37.3 Å². The van der Waals surface area contributed by atoms with E-state index in [2.05, 4.69) is 0 Å². The van der Waals surface area contributed by atoms with Gasteiger partial charge in [-0.2, -0.15) is 0 Å². The highest BCUT2D eigenvalue weighted by Gasteiger charge is 1.94. The van der Waals surface area contributed by atoms with Gasteiger partial charge in [0.1, 0.15) is 0 Å². The molecule has 14 heavy (non-hydrogen) atoms. The number of allylic oxidation sites excluding steroid dienone is 1. The molecule has 0 radical (unpaired) electrons. The molecule has 2 nitrogen and oxygen atoms in total. The Labute approximate surface area is 83.9 Å². The quantitative estimate of drug-likeness (QED) is 0.721. The van der Waals surface area contributed by atoms with Gasteiger partial charge in [-0.1, -0.05) is 36.4 Å². The summed E-state index contributed by atoms with van der Waals surface area (Å²) in [7, 11) is 0. The second-order valence-corrected chi connectivity index (χ2v) is 3.04. The lowest BCUT2D eigenvalue weighted by Gasteiger charge is -1.92. The molecule has 0 unspecified atom stereocenters. The van der Waals surface area contributed by atoms with Crippen LogP contribution in [0, 0.1) is 0 Å². The average molecular weight is 190 g/mol. The lowest BCUT2D eigenvalue weighted by molar-refractivity contribution is -0.114. The molecule has 0 atom stereocenters. The molecule has 0 saturated carbocycles. The van der Waals surface area contributed by atoms with Crippen molar-refractivity contribution in [1.29, 1.82) is 0 Å². The molecule has 0 aliphatic heterocycles. The smallest absolute Gasteiger partial charge is 0.155 e. The number of rotatable bonds is 5. The Balaban J connectivity index is 2.44. The maximum absolute atomic E-state index is 11.2. The minimum Gasteiger partial charge on any atom is -0.396 e. The fourth-order valence-corrected chi connectivity index (χ4v) is 1.09. The van der Waals surface area contributed by atoms with E-state index in [1.54, 1.807) is 12.2 Å². The minimum atomic E-state index is 0.0582. The summed E-state index contributed by atoms with van der Waals surface area (Å²) < 4.78 is 0. The molecular formula is C12H14O2. The molecule has 1 aromatic carbocycles. The molecule has 0 heterocycles. The Morgan fingerprint density at radius 3 is 2.64 bits per heavy atom. The molecule has 74 valence electrons. The molecule has 0 fully saturated rings. The van der Waals surface area contributed by atoms with Crippen LogP contribution in [0.5, 0.6) is 0 Å². The third-order valence-electron chi connectivity index (χ3n) is 1.84. The normalized spacial score (nSPS) is 10.6. The van der Waals surface area contributed by atoms with Gasteiger partial charge in [0.15, 0.2) is 5.78 Å². The summed E-state index contributed by atoms with van der Waals surface area (Å²) in [5.74, 6) is 0.0582. The van der Waals surface area contributed by atoms with Crippen molar-refractivity contribution in [3.8, 4) is 0 Å². The molecule has 0 aliphatic carbocycles. The summed E-state index contributed by atoms with van der Waals surface area (Å²) in [5, 5.41) is 8.52. The third kappa shape index (κ3) is 4.01. The highest BCUT2D eigenvalue weighted by molar-refractivity contribution is 5.93. The van der Waals surface area contributed by atoms with Gasteiger partial charge in [-0.25, -0.2) is 0 Å². The van der Waals surface area contributed by atoms with Gasteiger partial charge < -0.3 is 5.11 Å². The number of hydrogen-bond donors (Lipinski definition) is 1. The van der Waals surface area contributed by atoms with E-state index in [9.17, 15) is 4.79 Å². The zero-order valence-electron chi connectivity index (χ0n) is 8.02. The van der Waals surface area contributed by atoms with Crippen LogP contribution < -0.4 is 0 Å². The lowest BCUT2D eigenvalue weighted by Crippen LogP contribution is -1.94. The van der Waals surface area contributed by atoms with Crippen molar-refractivity contribution in [2.24, 2.45) is 0 Å². The molecular weight excluding hydrogens is 176 g/mol. The van der Waals surface area contributed by atoms with E-state index in [1.165, 1.54) is 0 Å². The fraction of sp³-hybridized carbons (Fsp3) is 0.250. The van der Waals surface area contributed by atoms with Crippen molar-refractivity contribution in [3.05, 3.63) is 42.0 Å². The summed E-state index contributed by atoms with van der Waals surface area (Å²) in [4.78, 5) is 11.2. The van der Waals surface area contributed by atoms with Crippen molar-refractivity contribution >= 4 is 11.9 Å². The molecule has 0 spiro atoms. The maximum atomic E-state index is 11.2. The zero-order valence-corrected chi connectivity index (χ0v) is 8.02. The summed E-state index contributed by atoms with van der Waals surface area (Å²) in [5.41, 5.74) is 1.02. The van der Waals surface area contributed by atoms with E-state index in [4.69, 9.17) is 5.11 Å². The first kappa shape index (κ1) is 10.7.